The second-order valence-electron chi connectivity index (χ2n) is 5.62. The maximum absolute atomic E-state index is 12.0. The number of sulfone groups is 1. The molecule has 1 saturated heterocycles. The third-order valence-electron chi connectivity index (χ3n) is 3.68. The van der Waals surface area contributed by atoms with E-state index in [2.05, 4.69) is 22.4 Å². The smallest absolute Gasteiger partial charge is 0.240 e. The highest BCUT2D eigenvalue weighted by Gasteiger charge is 2.31. The van der Waals surface area contributed by atoms with E-state index in [0.717, 1.165) is 24.3 Å². The predicted octanol–water partition coefficient (Wildman–Crippen LogP) is 0.938. The van der Waals surface area contributed by atoms with Crippen LogP contribution in [-0.2, 0) is 21.1 Å². The van der Waals surface area contributed by atoms with E-state index in [1.165, 1.54) is 11.3 Å². The molecule has 1 N–H and O–H groups in total. The highest BCUT2D eigenvalue weighted by Crippen LogP contribution is 2.18. The summed E-state index contributed by atoms with van der Waals surface area (Å²) in [4.78, 5) is 13.8. The highest BCUT2D eigenvalue weighted by molar-refractivity contribution is 7.91. The lowest BCUT2D eigenvalue weighted by Crippen LogP contribution is -2.38. The summed E-state index contributed by atoms with van der Waals surface area (Å²) < 4.78 is 22.9. The zero-order valence-corrected chi connectivity index (χ0v) is 14.5. The number of likely N-dealkylation sites (N-methyl/N-ethyl adjacent to an activating group) is 1. The van der Waals surface area contributed by atoms with E-state index in [0.29, 0.717) is 11.6 Å². The predicted molar refractivity (Wildman–Crippen MR) is 86.8 cm³/mol. The van der Waals surface area contributed by atoms with Crippen LogP contribution in [0.3, 0.4) is 0 Å². The Morgan fingerprint density at radius 1 is 1.45 bits per heavy atom. The van der Waals surface area contributed by atoms with Crippen LogP contribution < -0.4 is 5.32 Å². The summed E-state index contributed by atoms with van der Waals surface area (Å²) in [6.07, 6.45) is 3.62. The Hall–Kier alpha value is -1.06. The monoisotopic (exact) mass is 346 g/mol. The number of unbranched alkanes of at least 4 members (excludes halogenated alkanes) is 1. The maximum atomic E-state index is 12.0. The van der Waals surface area contributed by atoms with Crippen LogP contribution in [0.2, 0.25) is 0 Å². The van der Waals surface area contributed by atoms with Gasteiger partial charge >= 0.3 is 0 Å². The van der Waals surface area contributed by atoms with Crippen molar-refractivity contribution in [2.45, 2.75) is 38.6 Å². The first-order chi connectivity index (χ1) is 10.4. The van der Waals surface area contributed by atoms with Crippen LogP contribution in [0.15, 0.2) is 0 Å². The van der Waals surface area contributed by atoms with Crippen molar-refractivity contribution in [3.05, 3.63) is 5.01 Å². The zero-order chi connectivity index (χ0) is 16.2. The van der Waals surface area contributed by atoms with Gasteiger partial charge in [-0.15, -0.1) is 10.2 Å². The van der Waals surface area contributed by atoms with Crippen molar-refractivity contribution in [3.63, 3.8) is 0 Å². The van der Waals surface area contributed by atoms with Gasteiger partial charge in [0.1, 0.15) is 5.01 Å². The minimum Gasteiger partial charge on any atom is -0.299 e. The number of carbonyl (C=O) groups excluding carboxylic acids is 1. The number of hydrogen-bond donors (Lipinski definition) is 1. The molecule has 1 aromatic rings. The summed E-state index contributed by atoms with van der Waals surface area (Å²) in [5.41, 5.74) is 0. The molecule has 1 aliphatic rings. The fraction of sp³-hybridized carbons (Fsp3) is 0.769. The van der Waals surface area contributed by atoms with E-state index < -0.39 is 9.84 Å². The third-order valence-corrected chi connectivity index (χ3v) is 6.33. The number of rotatable bonds is 7. The van der Waals surface area contributed by atoms with Crippen LogP contribution in [0.1, 0.15) is 31.2 Å². The molecule has 0 spiro atoms. The average molecular weight is 346 g/mol. The van der Waals surface area contributed by atoms with Crippen molar-refractivity contribution in [2.75, 3.05) is 30.4 Å². The number of nitrogens with one attached hydrogen (secondary N) is 1. The quantitative estimate of drug-likeness (QED) is 0.790. The third kappa shape index (κ3) is 4.99. The second kappa shape index (κ2) is 7.47. The number of hydrogen-bond acceptors (Lipinski definition) is 7. The Morgan fingerprint density at radius 3 is 2.86 bits per heavy atom. The Labute approximate surface area is 135 Å². The summed E-state index contributed by atoms with van der Waals surface area (Å²) in [6.45, 7) is 2.27. The molecule has 2 rings (SSSR count). The van der Waals surface area contributed by atoms with E-state index in [9.17, 15) is 13.2 Å². The molecular formula is C13H22N4O3S2. The highest BCUT2D eigenvalue weighted by atomic mass is 32.2. The number of carbonyl (C=O) groups is 1. The Kier molecular flexibility index (Phi) is 5.87. The van der Waals surface area contributed by atoms with Crippen LogP contribution in [0.25, 0.3) is 0 Å². The lowest BCUT2D eigenvalue weighted by Gasteiger charge is -2.21. The zero-order valence-electron chi connectivity index (χ0n) is 12.9. The summed E-state index contributed by atoms with van der Waals surface area (Å²) in [7, 11) is -1.16. The number of anilines is 1. The van der Waals surface area contributed by atoms with Crippen molar-refractivity contribution in [1.82, 2.24) is 15.1 Å². The van der Waals surface area contributed by atoms with Gasteiger partial charge in [-0.3, -0.25) is 15.0 Å². The molecule has 0 aliphatic carbocycles. The Balaban J connectivity index is 1.81. The minimum atomic E-state index is -2.93. The fourth-order valence-electron chi connectivity index (χ4n) is 2.37. The van der Waals surface area contributed by atoms with Gasteiger partial charge in [-0.05, 0) is 19.9 Å². The molecule has 22 heavy (non-hydrogen) atoms. The molecule has 1 aliphatic heterocycles. The van der Waals surface area contributed by atoms with Crippen molar-refractivity contribution < 1.29 is 13.2 Å². The maximum Gasteiger partial charge on any atom is 0.240 e. The average Bonchev–Trinajstić information content (AvgIpc) is 3.02. The first-order valence-corrected chi connectivity index (χ1v) is 10.1. The molecule has 2 heterocycles. The number of amides is 1. The number of aryl methyl sites for hydroxylation is 1. The van der Waals surface area contributed by atoms with Crippen molar-refractivity contribution in [1.29, 1.82) is 0 Å². The van der Waals surface area contributed by atoms with Crippen molar-refractivity contribution in [2.24, 2.45) is 0 Å². The molecule has 1 aromatic heterocycles. The standard InChI is InChI=1S/C13H22N4O3S2/c1-3-4-5-12-15-16-13(21-12)14-11(18)8-17(2)10-6-7-22(19,20)9-10/h10H,3-9H2,1-2H3,(H,14,16,18)/t10-/m1/s1. The van der Waals surface area contributed by atoms with Crippen molar-refractivity contribution in [3.8, 4) is 0 Å². The largest absolute Gasteiger partial charge is 0.299 e. The fourth-order valence-corrected chi connectivity index (χ4v) is 4.97. The summed E-state index contributed by atoms with van der Waals surface area (Å²) in [5, 5.41) is 12.2. The van der Waals surface area contributed by atoms with Crippen LogP contribution in [0.4, 0.5) is 5.13 Å². The molecule has 1 fully saturated rings. The van der Waals surface area contributed by atoms with Crippen LogP contribution >= 0.6 is 11.3 Å². The van der Waals surface area contributed by atoms with Gasteiger partial charge in [-0.25, -0.2) is 8.42 Å². The lowest BCUT2D eigenvalue weighted by molar-refractivity contribution is -0.117. The van der Waals surface area contributed by atoms with Gasteiger partial charge in [0.05, 0.1) is 18.1 Å². The summed E-state index contributed by atoms with van der Waals surface area (Å²) >= 11 is 1.39. The summed E-state index contributed by atoms with van der Waals surface area (Å²) in [6, 6.07) is -0.0784. The molecule has 0 radical (unpaired) electrons. The van der Waals surface area contributed by atoms with Crippen LogP contribution in [0.5, 0.6) is 0 Å². The molecular weight excluding hydrogens is 324 g/mol. The molecule has 0 unspecified atom stereocenters. The first kappa shape index (κ1) is 17.3. The van der Waals surface area contributed by atoms with Gasteiger partial charge in [0.25, 0.3) is 0 Å². The van der Waals surface area contributed by atoms with Crippen LogP contribution in [-0.4, -0.2) is 60.6 Å². The summed E-state index contributed by atoms with van der Waals surface area (Å²) in [5.74, 6) is 0.155. The van der Waals surface area contributed by atoms with E-state index in [1.54, 1.807) is 11.9 Å². The van der Waals surface area contributed by atoms with Gasteiger partial charge in [0, 0.05) is 12.5 Å². The molecule has 1 amide bonds. The van der Waals surface area contributed by atoms with E-state index in [-0.39, 0.29) is 30.0 Å². The first-order valence-electron chi connectivity index (χ1n) is 7.42. The SMILES string of the molecule is CCCCc1nnc(NC(=O)CN(C)[C@@H]2CCS(=O)(=O)C2)s1. The van der Waals surface area contributed by atoms with E-state index in [1.807, 2.05) is 0 Å². The minimum absolute atomic E-state index is 0.0784. The molecule has 9 heteroatoms. The van der Waals surface area contributed by atoms with Gasteiger partial charge in [-0.2, -0.15) is 0 Å². The number of nitrogens with zero attached hydrogens (tertiary/aromatic N) is 3. The van der Waals surface area contributed by atoms with Gasteiger partial charge in [-0.1, -0.05) is 24.7 Å². The molecule has 0 bridgehead atoms. The van der Waals surface area contributed by atoms with Gasteiger partial charge in [0.2, 0.25) is 11.0 Å². The van der Waals surface area contributed by atoms with Gasteiger partial charge < -0.3 is 0 Å². The molecule has 7 nitrogen and oxygen atoms in total. The molecule has 0 aromatic carbocycles. The Morgan fingerprint density at radius 2 is 2.23 bits per heavy atom. The van der Waals surface area contributed by atoms with E-state index >= 15 is 0 Å². The normalized spacial score (nSPS) is 20.4. The Bertz CT molecular complexity index is 615. The van der Waals surface area contributed by atoms with Crippen molar-refractivity contribution >= 4 is 32.2 Å². The van der Waals surface area contributed by atoms with E-state index in [4.69, 9.17) is 0 Å². The topological polar surface area (TPSA) is 92.3 Å². The molecule has 124 valence electrons. The van der Waals surface area contributed by atoms with Crippen LogP contribution in [0, 0.1) is 0 Å². The molecule has 1 atom stereocenters. The second-order valence-corrected chi connectivity index (χ2v) is 8.92. The van der Waals surface area contributed by atoms with Gasteiger partial charge in [0.15, 0.2) is 9.84 Å². The molecule has 0 saturated carbocycles. The lowest BCUT2D eigenvalue weighted by atomic mass is 10.2. The number of aromatic nitrogens is 2.